The largest absolute Gasteiger partial charge is 0.512 e. The molecule has 0 aromatic rings. The summed E-state index contributed by atoms with van der Waals surface area (Å²) in [6, 6.07) is 0. The molecule has 0 bridgehead atoms. The molecular formula is C7H10O4. The zero-order chi connectivity index (χ0) is 7.61. The maximum absolute atomic E-state index is 10.2. The van der Waals surface area contributed by atoms with Crippen LogP contribution in [-0.2, 0) is 4.79 Å². The lowest BCUT2D eigenvalue weighted by atomic mass is 9.96. The van der Waals surface area contributed by atoms with Gasteiger partial charge in [-0.15, -0.1) is 0 Å². The number of rotatable bonds is 1. The van der Waals surface area contributed by atoms with E-state index in [0.29, 0.717) is 6.29 Å². The number of aliphatic hydroxyl groups excluding tert-OH is 1. The van der Waals surface area contributed by atoms with Crippen LogP contribution >= 0.6 is 0 Å². The van der Waals surface area contributed by atoms with E-state index in [2.05, 4.69) is 0 Å². The molecule has 0 spiro atoms. The summed E-state index contributed by atoms with van der Waals surface area (Å²) in [4.78, 5) is 10.2. The molecule has 0 aliphatic heterocycles. The number of aliphatic hydroxyl groups is 2. The fourth-order valence-corrected chi connectivity index (χ4v) is 0.815. The standard InChI is InChI=1S/C7H8O3.H2O/c8-5-7(10)3-1-2-6(9)4-7;/h1-3,5,9-10H,4H2;1H2. The van der Waals surface area contributed by atoms with E-state index >= 15 is 0 Å². The van der Waals surface area contributed by atoms with Gasteiger partial charge in [-0.25, -0.2) is 0 Å². The van der Waals surface area contributed by atoms with Gasteiger partial charge in [-0.3, -0.25) is 4.79 Å². The smallest absolute Gasteiger partial charge is 0.155 e. The van der Waals surface area contributed by atoms with Crippen molar-refractivity contribution >= 4 is 6.29 Å². The van der Waals surface area contributed by atoms with Crippen LogP contribution in [0, 0.1) is 0 Å². The average molecular weight is 158 g/mol. The Kier molecular flexibility index (Phi) is 2.98. The van der Waals surface area contributed by atoms with Gasteiger partial charge >= 0.3 is 0 Å². The van der Waals surface area contributed by atoms with Crippen molar-refractivity contribution in [2.75, 3.05) is 0 Å². The van der Waals surface area contributed by atoms with Gasteiger partial charge in [0.1, 0.15) is 5.60 Å². The van der Waals surface area contributed by atoms with Gasteiger partial charge in [-0.05, 0) is 12.2 Å². The minimum Gasteiger partial charge on any atom is -0.512 e. The molecule has 0 heterocycles. The normalized spacial score (nSPS) is 28.6. The molecular weight excluding hydrogens is 148 g/mol. The lowest BCUT2D eigenvalue weighted by molar-refractivity contribution is -0.120. The molecule has 0 aromatic heterocycles. The van der Waals surface area contributed by atoms with Gasteiger partial charge in [-0.2, -0.15) is 0 Å². The van der Waals surface area contributed by atoms with Crippen LogP contribution in [0.4, 0.5) is 0 Å². The fraction of sp³-hybridized carbons (Fsp3) is 0.286. The third kappa shape index (κ3) is 2.18. The number of allylic oxidation sites excluding steroid dienone is 2. The average Bonchev–Trinajstić information content (AvgIpc) is 1.88. The van der Waals surface area contributed by atoms with Crippen molar-refractivity contribution in [1.29, 1.82) is 0 Å². The maximum Gasteiger partial charge on any atom is 0.155 e. The molecule has 4 nitrogen and oxygen atoms in total. The Bertz CT molecular complexity index is 206. The van der Waals surface area contributed by atoms with Crippen LogP contribution in [0.15, 0.2) is 24.0 Å². The van der Waals surface area contributed by atoms with E-state index in [0.717, 1.165) is 0 Å². The van der Waals surface area contributed by atoms with Gasteiger partial charge in [-0.1, -0.05) is 6.08 Å². The molecule has 0 saturated carbocycles. The Morgan fingerprint density at radius 2 is 2.27 bits per heavy atom. The lowest BCUT2D eigenvalue weighted by Gasteiger charge is -2.18. The molecule has 1 aliphatic rings. The second kappa shape index (κ2) is 3.32. The van der Waals surface area contributed by atoms with Crippen LogP contribution in [0.5, 0.6) is 0 Å². The van der Waals surface area contributed by atoms with Crippen molar-refractivity contribution < 1.29 is 20.5 Å². The van der Waals surface area contributed by atoms with E-state index in [1.807, 2.05) is 0 Å². The maximum atomic E-state index is 10.2. The summed E-state index contributed by atoms with van der Waals surface area (Å²) in [7, 11) is 0. The Balaban J connectivity index is 0.000001000. The molecule has 1 atom stereocenters. The van der Waals surface area contributed by atoms with Gasteiger partial charge in [0.05, 0.1) is 5.76 Å². The van der Waals surface area contributed by atoms with E-state index in [4.69, 9.17) is 5.11 Å². The molecule has 0 radical (unpaired) electrons. The van der Waals surface area contributed by atoms with Crippen LogP contribution in [0.3, 0.4) is 0 Å². The predicted octanol–water partition coefficient (Wildman–Crippen LogP) is -0.506. The number of hydrogen-bond acceptors (Lipinski definition) is 3. The first kappa shape index (κ1) is 9.87. The fourth-order valence-electron chi connectivity index (χ4n) is 0.815. The Labute approximate surface area is 63.8 Å². The number of hydrogen-bond donors (Lipinski definition) is 2. The van der Waals surface area contributed by atoms with Gasteiger partial charge in [0.2, 0.25) is 0 Å². The van der Waals surface area contributed by atoms with Crippen molar-refractivity contribution in [2.24, 2.45) is 0 Å². The minimum atomic E-state index is -1.49. The first-order chi connectivity index (χ1) is 4.66. The van der Waals surface area contributed by atoms with E-state index in [1.165, 1.54) is 18.2 Å². The Morgan fingerprint density at radius 3 is 2.64 bits per heavy atom. The molecule has 4 heteroatoms. The van der Waals surface area contributed by atoms with Crippen molar-refractivity contribution in [3.8, 4) is 0 Å². The highest BCUT2D eigenvalue weighted by atomic mass is 16.3. The van der Waals surface area contributed by atoms with Crippen LogP contribution in [0.2, 0.25) is 0 Å². The van der Waals surface area contributed by atoms with Crippen molar-refractivity contribution in [3.63, 3.8) is 0 Å². The SMILES string of the molecule is O.O=CC1(O)C=CC=C(O)C1. The molecule has 0 fully saturated rings. The van der Waals surface area contributed by atoms with E-state index in [9.17, 15) is 9.90 Å². The summed E-state index contributed by atoms with van der Waals surface area (Å²) in [5.41, 5.74) is -1.49. The zero-order valence-corrected chi connectivity index (χ0v) is 5.82. The summed E-state index contributed by atoms with van der Waals surface area (Å²) in [6.07, 6.45) is 4.63. The lowest BCUT2D eigenvalue weighted by Crippen LogP contribution is -2.29. The van der Waals surface area contributed by atoms with Crippen molar-refractivity contribution in [2.45, 2.75) is 12.0 Å². The summed E-state index contributed by atoms with van der Waals surface area (Å²) < 4.78 is 0. The van der Waals surface area contributed by atoms with E-state index in [1.54, 1.807) is 0 Å². The summed E-state index contributed by atoms with van der Waals surface area (Å²) in [6.45, 7) is 0. The minimum absolute atomic E-state index is 0. The molecule has 1 unspecified atom stereocenters. The molecule has 11 heavy (non-hydrogen) atoms. The second-order valence-electron chi connectivity index (χ2n) is 2.30. The molecule has 1 aliphatic carbocycles. The first-order valence-corrected chi connectivity index (χ1v) is 2.92. The molecule has 62 valence electrons. The molecule has 0 saturated heterocycles. The highest BCUT2D eigenvalue weighted by molar-refractivity contribution is 5.67. The van der Waals surface area contributed by atoms with Crippen LogP contribution in [-0.4, -0.2) is 27.6 Å². The van der Waals surface area contributed by atoms with Crippen molar-refractivity contribution in [1.82, 2.24) is 0 Å². The summed E-state index contributed by atoms with van der Waals surface area (Å²) >= 11 is 0. The van der Waals surface area contributed by atoms with Crippen molar-refractivity contribution in [3.05, 3.63) is 24.0 Å². The van der Waals surface area contributed by atoms with Gasteiger partial charge in [0.25, 0.3) is 0 Å². The van der Waals surface area contributed by atoms with E-state index in [-0.39, 0.29) is 17.7 Å². The molecule has 4 N–H and O–H groups in total. The van der Waals surface area contributed by atoms with Gasteiger partial charge in [0, 0.05) is 6.42 Å². The predicted molar refractivity (Wildman–Crippen MR) is 39.1 cm³/mol. The second-order valence-corrected chi connectivity index (χ2v) is 2.30. The Morgan fingerprint density at radius 1 is 1.64 bits per heavy atom. The highest BCUT2D eigenvalue weighted by Gasteiger charge is 2.25. The Hall–Kier alpha value is -1.13. The quantitative estimate of drug-likeness (QED) is 0.504. The zero-order valence-electron chi connectivity index (χ0n) is 5.82. The number of carbonyl (C=O) groups is 1. The molecule has 0 amide bonds. The third-order valence-corrected chi connectivity index (χ3v) is 1.34. The first-order valence-electron chi connectivity index (χ1n) is 2.92. The summed E-state index contributed by atoms with van der Waals surface area (Å²) in [5.74, 6) is 0.0251. The number of carbonyl (C=O) groups excluding carboxylic acids is 1. The third-order valence-electron chi connectivity index (χ3n) is 1.34. The van der Waals surface area contributed by atoms with Crippen LogP contribution < -0.4 is 0 Å². The monoisotopic (exact) mass is 158 g/mol. The molecule has 1 rings (SSSR count). The highest BCUT2D eigenvalue weighted by Crippen LogP contribution is 2.18. The molecule has 0 aromatic carbocycles. The van der Waals surface area contributed by atoms with Gasteiger partial charge in [0.15, 0.2) is 6.29 Å². The summed E-state index contributed by atoms with van der Waals surface area (Å²) in [5, 5.41) is 18.1. The van der Waals surface area contributed by atoms with Gasteiger partial charge < -0.3 is 15.7 Å². The van der Waals surface area contributed by atoms with Crippen LogP contribution in [0.25, 0.3) is 0 Å². The van der Waals surface area contributed by atoms with Crippen LogP contribution in [0.1, 0.15) is 6.42 Å². The topological polar surface area (TPSA) is 89.0 Å². The number of aldehydes is 1. The van der Waals surface area contributed by atoms with E-state index < -0.39 is 5.60 Å².